The van der Waals surface area contributed by atoms with Crippen LogP contribution in [0, 0.1) is 0 Å². The molecule has 290 valence electrons. The fourth-order valence-corrected chi connectivity index (χ4v) is 5.14. The van der Waals surface area contributed by atoms with Crippen LogP contribution in [0.5, 0.6) is 0 Å². The number of aryl methyl sites for hydroxylation is 2. The largest absolute Gasteiger partial charge is 0.394 e. The number of nitrogens with one attached hydrogen (secondary N) is 1. The highest BCUT2D eigenvalue weighted by atomic mass is 16.7. The Morgan fingerprint density at radius 3 is 2.12 bits per heavy atom. The molecule has 2 saturated heterocycles. The van der Waals surface area contributed by atoms with Gasteiger partial charge in [-0.15, -0.1) is 5.10 Å². The molecule has 3 heterocycles. The first-order valence-corrected chi connectivity index (χ1v) is 17.0. The van der Waals surface area contributed by atoms with E-state index in [-0.39, 0.29) is 18.9 Å². The van der Waals surface area contributed by atoms with Crippen molar-refractivity contribution in [3.8, 4) is 0 Å². The average molecular weight is 726 g/mol. The monoisotopic (exact) mass is 725 g/mol. The molecule has 0 bridgehead atoms. The van der Waals surface area contributed by atoms with Crippen LogP contribution < -0.4 is 11.1 Å². The van der Waals surface area contributed by atoms with E-state index < -0.39 is 74.6 Å². The SMILES string of the molecule is NCCCOCCOCCOCCCNC(=O)CCc1cn(CCCO[C@@H]2O[C@H](CO)[C@H](O[C@H]3O[C@H](CO)[C@H](O)[C@H](O)[C@H]3O)[C@H](O)[C@H]2O)nn1. The zero-order chi connectivity index (χ0) is 36.3. The van der Waals surface area contributed by atoms with Crippen molar-refractivity contribution < 1.29 is 73.7 Å². The van der Waals surface area contributed by atoms with Crippen LogP contribution in [0.2, 0.25) is 0 Å². The minimum Gasteiger partial charge on any atom is -0.394 e. The number of nitrogens with zero attached hydrogens (tertiary/aromatic N) is 3. The molecule has 10 atom stereocenters. The predicted octanol–water partition coefficient (Wildman–Crippen LogP) is -4.85. The van der Waals surface area contributed by atoms with Gasteiger partial charge in [0.25, 0.3) is 0 Å². The lowest BCUT2D eigenvalue weighted by Crippen LogP contribution is -2.64. The molecule has 1 amide bonds. The van der Waals surface area contributed by atoms with E-state index in [1.807, 2.05) is 0 Å². The maximum Gasteiger partial charge on any atom is 0.220 e. The zero-order valence-electron chi connectivity index (χ0n) is 28.2. The quantitative estimate of drug-likeness (QED) is 0.0427. The molecule has 0 unspecified atom stereocenters. The molecule has 1 aromatic heterocycles. The Kier molecular flexibility index (Phi) is 20.0. The van der Waals surface area contributed by atoms with Crippen molar-refractivity contribution in [1.29, 1.82) is 0 Å². The fraction of sp³-hybridized carbons (Fsp3) is 0.900. The summed E-state index contributed by atoms with van der Waals surface area (Å²) in [6.45, 7) is 3.33. The smallest absolute Gasteiger partial charge is 0.220 e. The summed E-state index contributed by atoms with van der Waals surface area (Å²) in [6, 6.07) is 0. The van der Waals surface area contributed by atoms with Crippen LogP contribution in [0.3, 0.4) is 0 Å². The lowest BCUT2D eigenvalue weighted by molar-refractivity contribution is -0.359. The van der Waals surface area contributed by atoms with Gasteiger partial charge in [-0.25, -0.2) is 0 Å². The Hall–Kier alpha value is -1.99. The van der Waals surface area contributed by atoms with Crippen LogP contribution in [-0.2, 0) is 50.9 Å². The second-order valence-electron chi connectivity index (χ2n) is 11.9. The number of hydrogen-bond acceptors (Lipinski definition) is 18. The molecular formula is C30H55N5O15. The highest BCUT2D eigenvalue weighted by molar-refractivity contribution is 5.76. The summed E-state index contributed by atoms with van der Waals surface area (Å²) in [5.41, 5.74) is 6.03. The number of aliphatic hydroxyl groups excluding tert-OH is 7. The minimum atomic E-state index is -1.75. The highest BCUT2D eigenvalue weighted by Gasteiger charge is 2.50. The topological polar surface area (TPSA) is 292 Å². The van der Waals surface area contributed by atoms with Crippen LogP contribution >= 0.6 is 0 Å². The molecule has 10 N–H and O–H groups in total. The fourth-order valence-electron chi connectivity index (χ4n) is 5.14. The Labute approximate surface area is 290 Å². The van der Waals surface area contributed by atoms with Gasteiger partial charge < -0.3 is 80.0 Å². The van der Waals surface area contributed by atoms with E-state index in [9.17, 15) is 40.5 Å². The second kappa shape index (κ2) is 23.5. The van der Waals surface area contributed by atoms with Crippen LogP contribution in [0.4, 0.5) is 0 Å². The van der Waals surface area contributed by atoms with E-state index >= 15 is 0 Å². The van der Waals surface area contributed by atoms with Gasteiger partial charge in [0.15, 0.2) is 12.6 Å². The van der Waals surface area contributed by atoms with Gasteiger partial charge in [0, 0.05) is 45.3 Å². The molecule has 20 nitrogen and oxygen atoms in total. The number of aromatic nitrogens is 3. The van der Waals surface area contributed by atoms with Crippen LogP contribution in [-0.4, -0.2) is 191 Å². The van der Waals surface area contributed by atoms with E-state index in [0.717, 1.165) is 6.42 Å². The van der Waals surface area contributed by atoms with E-state index in [0.29, 0.717) is 84.2 Å². The molecule has 2 aliphatic heterocycles. The number of aliphatic hydroxyl groups is 7. The molecular weight excluding hydrogens is 670 g/mol. The molecule has 0 radical (unpaired) electrons. The lowest BCUT2D eigenvalue weighted by atomic mass is 9.97. The molecule has 50 heavy (non-hydrogen) atoms. The molecule has 0 aromatic carbocycles. The maximum atomic E-state index is 12.2. The number of carbonyl (C=O) groups is 1. The Morgan fingerprint density at radius 1 is 0.800 bits per heavy atom. The first-order chi connectivity index (χ1) is 24.2. The van der Waals surface area contributed by atoms with E-state index in [1.165, 1.54) is 0 Å². The zero-order valence-corrected chi connectivity index (χ0v) is 28.2. The molecule has 2 fully saturated rings. The number of ether oxygens (including phenoxy) is 7. The minimum absolute atomic E-state index is 0.0732. The molecule has 0 saturated carbocycles. The third kappa shape index (κ3) is 13.9. The summed E-state index contributed by atoms with van der Waals surface area (Å²) in [5, 5.41) is 81.8. The van der Waals surface area contributed by atoms with Gasteiger partial charge in [0.2, 0.25) is 5.91 Å². The van der Waals surface area contributed by atoms with Gasteiger partial charge in [-0.3, -0.25) is 9.48 Å². The van der Waals surface area contributed by atoms with Crippen molar-refractivity contribution in [2.45, 2.75) is 100 Å². The van der Waals surface area contributed by atoms with Crippen molar-refractivity contribution in [1.82, 2.24) is 20.3 Å². The van der Waals surface area contributed by atoms with Crippen molar-refractivity contribution in [3.05, 3.63) is 11.9 Å². The van der Waals surface area contributed by atoms with Gasteiger partial charge in [-0.1, -0.05) is 5.21 Å². The van der Waals surface area contributed by atoms with Gasteiger partial charge >= 0.3 is 0 Å². The molecule has 0 aliphatic carbocycles. The number of carbonyl (C=O) groups excluding carboxylic acids is 1. The van der Waals surface area contributed by atoms with Crippen LogP contribution in [0.1, 0.15) is 31.4 Å². The van der Waals surface area contributed by atoms with E-state index in [2.05, 4.69) is 15.6 Å². The summed E-state index contributed by atoms with van der Waals surface area (Å²) < 4.78 is 39.9. The van der Waals surface area contributed by atoms with Crippen molar-refractivity contribution in [2.75, 3.05) is 72.6 Å². The summed E-state index contributed by atoms with van der Waals surface area (Å²) in [5.74, 6) is -0.110. The average Bonchev–Trinajstić information content (AvgIpc) is 3.58. The Balaban J connectivity index is 1.26. The van der Waals surface area contributed by atoms with Crippen molar-refractivity contribution >= 4 is 5.91 Å². The summed E-state index contributed by atoms with van der Waals surface area (Å²) >= 11 is 0. The molecule has 3 rings (SSSR count). The second-order valence-corrected chi connectivity index (χ2v) is 11.9. The molecule has 2 aliphatic rings. The molecule has 0 spiro atoms. The number of amides is 1. The predicted molar refractivity (Wildman–Crippen MR) is 169 cm³/mol. The van der Waals surface area contributed by atoms with Gasteiger partial charge in [-0.05, 0) is 25.8 Å². The first-order valence-electron chi connectivity index (χ1n) is 17.0. The normalized spacial score (nSPS) is 30.1. The number of hydrogen-bond donors (Lipinski definition) is 9. The first kappa shape index (κ1) is 42.4. The molecule has 20 heteroatoms. The van der Waals surface area contributed by atoms with Gasteiger partial charge in [0.05, 0.1) is 51.9 Å². The Bertz CT molecular complexity index is 1060. The maximum absolute atomic E-state index is 12.2. The Morgan fingerprint density at radius 2 is 1.44 bits per heavy atom. The van der Waals surface area contributed by atoms with Gasteiger partial charge in [0.1, 0.15) is 48.8 Å². The van der Waals surface area contributed by atoms with E-state index in [1.54, 1.807) is 10.9 Å². The standard InChI is InChI=1S/C30H55N5O15/c31-6-1-9-44-12-14-46-15-13-45-10-2-7-32-22(38)5-4-19-16-35(34-33-19)8-3-11-47-29-27(43)25(41)28(21(18-37)49-29)50-30-26(42)24(40)23(39)20(17-36)48-30/h16,20-21,23-30,36-37,39-43H,1-15,17-18,31H2,(H,32,38)/t20-,21-,23+,24+,25-,26-,27-,28+,29-,30-/m1/s1. The third-order valence-electron chi connectivity index (χ3n) is 7.99. The molecule has 1 aromatic rings. The lowest BCUT2D eigenvalue weighted by Gasteiger charge is -2.45. The number of rotatable bonds is 25. The highest BCUT2D eigenvalue weighted by Crippen LogP contribution is 2.29. The van der Waals surface area contributed by atoms with Crippen LogP contribution in [0.15, 0.2) is 6.20 Å². The van der Waals surface area contributed by atoms with Crippen LogP contribution in [0.25, 0.3) is 0 Å². The number of nitrogens with two attached hydrogens (primary N) is 1. The van der Waals surface area contributed by atoms with Crippen molar-refractivity contribution in [3.63, 3.8) is 0 Å². The summed E-state index contributed by atoms with van der Waals surface area (Å²) in [6.07, 6.45) is -10.9. The third-order valence-corrected chi connectivity index (χ3v) is 7.99. The summed E-state index contributed by atoms with van der Waals surface area (Å²) in [7, 11) is 0. The van der Waals surface area contributed by atoms with E-state index in [4.69, 9.17) is 38.9 Å². The van der Waals surface area contributed by atoms with Crippen molar-refractivity contribution in [2.24, 2.45) is 5.73 Å². The summed E-state index contributed by atoms with van der Waals surface area (Å²) in [4.78, 5) is 12.2. The van der Waals surface area contributed by atoms with Gasteiger partial charge in [-0.2, -0.15) is 0 Å².